The summed E-state index contributed by atoms with van der Waals surface area (Å²) in [6.45, 7) is -3.03. The standard InChI is InChI=1S/C14H12F3NO3/c1-20-11-3-2-8(5-12(11)21-14(16)17)13(19)9-4-10(15)7-18-6-9/h2-7,13-14,19H,1H3. The van der Waals surface area contributed by atoms with Crippen molar-refractivity contribution in [2.75, 3.05) is 7.11 Å². The number of rotatable bonds is 5. The second kappa shape index (κ2) is 6.45. The van der Waals surface area contributed by atoms with Crippen molar-refractivity contribution in [2.24, 2.45) is 0 Å². The fraction of sp³-hybridized carbons (Fsp3) is 0.214. The number of hydrogen-bond donors (Lipinski definition) is 1. The topological polar surface area (TPSA) is 51.6 Å². The number of nitrogens with zero attached hydrogens (tertiary/aromatic N) is 1. The Kier molecular flexibility index (Phi) is 4.64. The molecule has 0 bridgehead atoms. The highest BCUT2D eigenvalue weighted by molar-refractivity contribution is 5.45. The van der Waals surface area contributed by atoms with Crippen LogP contribution in [-0.4, -0.2) is 23.8 Å². The van der Waals surface area contributed by atoms with E-state index in [0.717, 1.165) is 12.3 Å². The first-order chi connectivity index (χ1) is 10.0. The fourth-order valence-electron chi connectivity index (χ4n) is 1.82. The first kappa shape index (κ1) is 15.1. The first-order valence-corrected chi connectivity index (χ1v) is 5.92. The second-order valence-electron chi connectivity index (χ2n) is 4.13. The smallest absolute Gasteiger partial charge is 0.387 e. The maximum atomic E-state index is 13.1. The number of aliphatic hydroxyl groups is 1. The van der Waals surface area contributed by atoms with Crippen LogP contribution in [0.4, 0.5) is 13.2 Å². The third-order valence-electron chi connectivity index (χ3n) is 2.76. The summed E-state index contributed by atoms with van der Waals surface area (Å²) in [6.07, 6.45) is 1.06. The predicted molar refractivity (Wildman–Crippen MR) is 67.9 cm³/mol. The van der Waals surface area contributed by atoms with Gasteiger partial charge < -0.3 is 14.6 Å². The van der Waals surface area contributed by atoms with Gasteiger partial charge in [-0.3, -0.25) is 4.98 Å². The van der Waals surface area contributed by atoms with Crippen molar-refractivity contribution in [1.29, 1.82) is 0 Å². The Labute approximate surface area is 118 Å². The van der Waals surface area contributed by atoms with Crippen LogP contribution in [0.15, 0.2) is 36.7 Å². The van der Waals surface area contributed by atoms with Crippen molar-refractivity contribution >= 4 is 0 Å². The van der Waals surface area contributed by atoms with Crippen molar-refractivity contribution in [2.45, 2.75) is 12.7 Å². The maximum absolute atomic E-state index is 13.1. The molecule has 0 spiro atoms. The average molecular weight is 299 g/mol. The molecular weight excluding hydrogens is 287 g/mol. The van der Waals surface area contributed by atoms with E-state index in [1.807, 2.05) is 0 Å². The summed E-state index contributed by atoms with van der Waals surface area (Å²) in [5.41, 5.74) is 0.446. The number of alkyl halides is 2. The molecule has 0 aliphatic heterocycles. The van der Waals surface area contributed by atoms with Crippen LogP contribution in [0, 0.1) is 5.82 Å². The van der Waals surface area contributed by atoms with Crippen LogP contribution in [0.25, 0.3) is 0 Å². The van der Waals surface area contributed by atoms with Gasteiger partial charge in [-0.05, 0) is 23.8 Å². The number of benzene rings is 1. The van der Waals surface area contributed by atoms with Crippen LogP contribution >= 0.6 is 0 Å². The third-order valence-corrected chi connectivity index (χ3v) is 2.76. The molecule has 112 valence electrons. The van der Waals surface area contributed by atoms with Gasteiger partial charge in [0.25, 0.3) is 0 Å². The minimum Gasteiger partial charge on any atom is -0.493 e. The summed E-state index contributed by atoms with van der Waals surface area (Å²) in [4.78, 5) is 3.62. The van der Waals surface area contributed by atoms with Crippen LogP contribution in [0.1, 0.15) is 17.2 Å². The summed E-state index contributed by atoms with van der Waals surface area (Å²) < 4.78 is 47.0. The monoisotopic (exact) mass is 299 g/mol. The molecule has 0 amide bonds. The Balaban J connectivity index is 2.35. The van der Waals surface area contributed by atoms with E-state index in [4.69, 9.17) is 4.74 Å². The van der Waals surface area contributed by atoms with Gasteiger partial charge in [0.2, 0.25) is 0 Å². The molecule has 0 radical (unpaired) electrons. The highest BCUT2D eigenvalue weighted by atomic mass is 19.3. The van der Waals surface area contributed by atoms with Gasteiger partial charge in [0.05, 0.1) is 13.3 Å². The SMILES string of the molecule is COc1ccc(C(O)c2cncc(F)c2)cc1OC(F)F. The summed E-state index contributed by atoms with van der Waals surface area (Å²) >= 11 is 0. The van der Waals surface area contributed by atoms with Crippen molar-refractivity contribution < 1.29 is 27.8 Å². The van der Waals surface area contributed by atoms with E-state index in [1.165, 1.54) is 31.5 Å². The molecule has 21 heavy (non-hydrogen) atoms. The summed E-state index contributed by atoms with van der Waals surface area (Å²) in [6, 6.07) is 5.16. The number of ether oxygens (including phenoxy) is 2. The van der Waals surface area contributed by atoms with E-state index < -0.39 is 18.5 Å². The fourth-order valence-corrected chi connectivity index (χ4v) is 1.82. The number of methoxy groups -OCH3 is 1. The molecule has 0 fully saturated rings. The lowest BCUT2D eigenvalue weighted by atomic mass is 10.0. The summed E-state index contributed by atoms with van der Waals surface area (Å²) in [5, 5.41) is 10.1. The molecule has 1 N–H and O–H groups in total. The molecule has 1 unspecified atom stereocenters. The van der Waals surface area contributed by atoms with Gasteiger partial charge in [0, 0.05) is 11.8 Å². The Hall–Kier alpha value is -2.28. The molecule has 1 heterocycles. The lowest BCUT2D eigenvalue weighted by Crippen LogP contribution is -2.06. The van der Waals surface area contributed by atoms with E-state index >= 15 is 0 Å². The van der Waals surface area contributed by atoms with Crippen LogP contribution in [0.5, 0.6) is 11.5 Å². The zero-order chi connectivity index (χ0) is 15.4. The zero-order valence-corrected chi connectivity index (χ0v) is 11.0. The minimum absolute atomic E-state index is 0.101. The van der Waals surface area contributed by atoms with Gasteiger partial charge >= 0.3 is 6.61 Å². The predicted octanol–water partition coefficient (Wildman–Crippen LogP) is 2.91. The molecule has 1 aromatic heterocycles. The van der Waals surface area contributed by atoms with Gasteiger partial charge in [-0.15, -0.1) is 0 Å². The van der Waals surface area contributed by atoms with Crippen LogP contribution in [-0.2, 0) is 0 Å². The lowest BCUT2D eigenvalue weighted by molar-refractivity contribution is -0.0513. The highest BCUT2D eigenvalue weighted by Crippen LogP contribution is 2.33. The molecule has 0 saturated carbocycles. The molecule has 0 aliphatic carbocycles. The van der Waals surface area contributed by atoms with E-state index in [0.29, 0.717) is 0 Å². The molecule has 4 nitrogen and oxygen atoms in total. The third kappa shape index (κ3) is 3.63. The van der Waals surface area contributed by atoms with Crippen LogP contribution < -0.4 is 9.47 Å². The number of aromatic nitrogens is 1. The molecule has 0 saturated heterocycles. The van der Waals surface area contributed by atoms with Gasteiger partial charge in [-0.1, -0.05) is 6.07 Å². The highest BCUT2D eigenvalue weighted by Gasteiger charge is 2.17. The average Bonchev–Trinajstić information content (AvgIpc) is 2.46. The minimum atomic E-state index is -3.03. The molecule has 7 heteroatoms. The van der Waals surface area contributed by atoms with Gasteiger partial charge in [0.15, 0.2) is 11.5 Å². The number of aliphatic hydroxyl groups excluding tert-OH is 1. The first-order valence-electron chi connectivity index (χ1n) is 5.92. The molecule has 2 aromatic rings. The Morgan fingerprint density at radius 3 is 2.48 bits per heavy atom. The molecule has 2 rings (SSSR count). The second-order valence-corrected chi connectivity index (χ2v) is 4.13. The maximum Gasteiger partial charge on any atom is 0.387 e. The lowest BCUT2D eigenvalue weighted by Gasteiger charge is -2.15. The Bertz CT molecular complexity index is 622. The van der Waals surface area contributed by atoms with Crippen molar-refractivity contribution in [1.82, 2.24) is 4.98 Å². The molecule has 1 aromatic carbocycles. The van der Waals surface area contributed by atoms with Crippen LogP contribution in [0.3, 0.4) is 0 Å². The quantitative estimate of drug-likeness (QED) is 0.922. The molecule has 1 atom stereocenters. The van der Waals surface area contributed by atoms with Gasteiger partial charge in [-0.25, -0.2) is 4.39 Å². The Morgan fingerprint density at radius 2 is 1.86 bits per heavy atom. The van der Waals surface area contributed by atoms with E-state index in [2.05, 4.69) is 9.72 Å². The molecular formula is C14H12F3NO3. The normalized spacial score (nSPS) is 12.3. The van der Waals surface area contributed by atoms with Crippen molar-refractivity contribution in [3.63, 3.8) is 0 Å². The van der Waals surface area contributed by atoms with Gasteiger partial charge in [0.1, 0.15) is 11.9 Å². The summed E-state index contributed by atoms with van der Waals surface area (Å²) in [7, 11) is 1.31. The largest absolute Gasteiger partial charge is 0.493 e. The summed E-state index contributed by atoms with van der Waals surface area (Å²) in [5.74, 6) is -0.721. The number of pyridine rings is 1. The van der Waals surface area contributed by atoms with Gasteiger partial charge in [-0.2, -0.15) is 8.78 Å². The zero-order valence-electron chi connectivity index (χ0n) is 11.0. The molecule has 0 aliphatic rings. The number of hydrogen-bond acceptors (Lipinski definition) is 4. The Morgan fingerprint density at radius 1 is 1.10 bits per heavy atom. The van der Waals surface area contributed by atoms with E-state index in [9.17, 15) is 18.3 Å². The van der Waals surface area contributed by atoms with E-state index in [1.54, 1.807) is 0 Å². The van der Waals surface area contributed by atoms with E-state index in [-0.39, 0.29) is 22.6 Å². The number of halogens is 3. The van der Waals surface area contributed by atoms with Crippen molar-refractivity contribution in [3.8, 4) is 11.5 Å². The van der Waals surface area contributed by atoms with Crippen LogP contribution in [0.2, 0.25) is 0 Å². The van der Waals surface area contributed by atoms with Crippen molar-refractivity contribution in [3.05, 3.63) is 53.6 Å².